The smallest absolute Gasteiger partial charge is 0.120 e. The highest BCUT2D eigenvalue weighted by molar-refractivity contribution is 7.95. The van der Waals surface area contributed by atoms with Crippen molar-refractivity contribution < 1.29 is 4.74 Å². The molecule has 0 aliphatic rings. The standard InChI is InChI=1S/C26H23ClOP/c1-28-22-18-17-21(26(27)19-22)20-29(23-11-5-2-6-12-23,24-13-7-3-8-14-24)25-15-9-4-10-16-25/h2-19H,20H2,1H3/q+1. The summed E-state index contributed by atoms with van der Waals surface area (Å²) in [6, 6.07) is 38.6. The lowest BCUT2D eigenvalue weighted by molar-refractivity contribution is 0.414. The van der Waals surface area contributed by atoms with E-state index in [4.69, 9.17) is 16.3 Å². The van der Waals surface area contributed by atoms with E-state index in [0.29, 0.717) is 0 Å². The van der Waals surface area contributed by atoms with Crippen molar-refractivity contribution in [3.05, 3.63) is 120 Å². The zero-order valence-electron chi connectivity index (χ0n) is 16.3. The minimum atomic E-state index is -1.95. The van der Waals surface area contributed by atoms with Crippen molar-refractivity contribution in [2.24, 2.45) is 0 Å². The van der Waals surface area contributed by atoms with Crippen LogP contribution in [0.5, 0.6) is 5.75 Å². The zero-order valence-corrected chi connectivity index (χ0v) is 18.0. The lowest BCUT2D eigenvalue weighted by atomic mass is 10.2. The Kier molecular flexibility index (Phi) is 6.00. The average Bonchev–Trinajstić information content (AvgIpc) is 2.80. The van der Waals surface area contributed by atoms with Gasteiger partial charge < -0.3 is 4.74 Å². The molecule has 4 aromatic rings. The van der Waals surface area contributed by atoms with Crippen molar-refractivity contribution in [3.8, 4) is 5.75 Å². The first-order valence-corrected chi connectivity index (χ1v) is 12.0. The summed E-state index contributed by atoms with van der Waals surface area (Å²) in [4.78, 5) is 0. The number of halogens is 1. The Hall–Kier alpha value is -2.60. The minimum absolute atomic E-state index is 0.747. The lowest BCUT2D eigenvalue weighted by Gasteiger charge is -2.28. The van der Waals surface area contributed by atoms with Gasteiger partial charge in [-0.25, -0.2) is 0 Å². The molecule has 0 unspecified atom stereocenters. The van der Waals surface area contributed by atoms with Gasteiger partial charge in [-0.15, -0.1) is 0 Å². The van der Waals surface area contributed by atoms with Crippen LogP contribution in [0, 0.1) is 0 Å². The SMILES string of the molecule is COc1ccc(C[P+](c2ccccc2)(c2ccccc2)c2ccccc2)c(Cl)c1. The van der Waals surface area contributed by atoms with Crippen molar-refractivity contribution in [2.45, 2.75) is 6.16 Å². The molecule has 0 radical (unpaired) electrons. The maximum absolute atomic E-state index is 6.71. The van der Waals surface area contributed by atoms with E-state index in [-0.39, 0.29) is 0 Å². The van der Waals surface area contributed by atoms with E-state index in [1.165, 1.54) is 15.9 Å². The van der Waals surface area contributed by atoms with Crippen molar-refractivity contribution in [3.63, 3.8) is 0 Å². The number of methoxy groups -OCH3 is 1. The predicted molar refractivity (Wildman–Crippen MR) is 127 cm³/mol. The van der Waals surface area contributed by atoms with Crippen LogP contribution in [-0.4, -0.2) is 7.11 Å². The lowest BCUT2D eigenvalue weighted by Crippen LogP contribution is -2.32. The summed E-state index contributed by atoms with van der Waals surface area (Å²) in [6.45, 7) is 0. The molecule has 4 rings (SSSR count). The molecular formula is C26H23ClOP+. The van der Waals surface area contributed by atoms with Gasteiger partial charge in [-0.1, -0.05) is 72.3 Å². The summed E-state index contributed by atoms with van der Waals surface area (Å²) >= 11 is 6.71. The molecule has 0 saturated carbocycles. The van der Waals surface area contributed by atoms with E-state index in [0.717, 1.165) is 22.5 Å². The molecule has 0 amide bonds. The molecule has 4 aromatic carbocycles. The topological polar surface area (TPSA) is 9.23 Å². The second-order valence-electron chi connectivity index (χ2n) is 6.93. The van der Waals surface area contributed by atoms with Crippen molar-refractivity contribution >= 4 is 34.8 Å². The summed E-state index contributed by atoms with van der Waals surface area (Å²) < 4.78 is 5.36. The third kappa shape index (κ3) is 3.94. The number of hydrogen-bond donors (Lipinski definition) is 0. The summed E-state index contributed by atoms with van der Waals surface area (Å²) in [5.74, 6) is 0.779. The molecule has 144 valence electrons. The average molecular weight is 418 g/mol. The van der Waals surface area contributed by atoms with Crippen LogP contribution < -0.4 is 20.7 Å². The Bertz CT molecular complexity index is 969. The summed E-state index contributed by atoms with van der Waals surface area (Å²) in [5, 5.41) is 4.80. The van der Waals surface area contributed by atoms with E-state index in [2.05, 4.69) is 97.1 Å². The van der Waals surface area contributed by atoms with Crippen molar-refractivity contribution in [2.75, 3.05) is 7.11 Å². The molecule has 0 atom stereocenters. The molecule has 0 saturated heterocycles. The molecule has 0 aromatic heterocycles. The quantitative estimate of drug-likeness (QED) is 0.358. The van der Waals surface area contributed by atoms with Gasteiger partial charge in [0.05, 0.1) is 18.3 Å². The fourth-order valence-corrected chi connectivity index (χ4v) is 8.41. The highest BCUT2D eigenvalue weighted by atomic mass is 35.5. The van der Waals surface area contributed by atoms with Crippen LogP contribution in [0.25, 0.3) is 0 Å². The molecule has 0 fully saturated rings. The number of benzene rings is 4. The maximum Gasteiger partial charge on any atom is 0.120 e. The van der Waals surface area contributed by atoms with E-state index in [1.807, 2.05) is 12.1 Å². The van der Waals surface area contributed by atoms with Crippen LogP contribution in [0.4, 0.5) is 0 Å². The van der Waals surface area contributed by atoms with Crippen LogP contribution in [0.2, 0.25) is 5.02 Å². The Morgan fingerprint density at radius 3 is 1.48 bits per heavy atom. The van der Waals surface area contributed by atoms with E-state index < -0.39 is 7.26 Å². The van der Waals surface area contributed by atoms with Crippen LogP contribution in [0.3, 0.4) is 0 Å². The zero-order chi connectivity index (χ0) is 20.1. The molecular weight excluding hydrogens is 395 g/mol. The van der Waals surface area contributed by atoms with Gasteiger partial charge >= 0.3 is 0 Å². The van der Waals surface area contributed by atoms with Gasteiger partial charge in [0.2, 0.25) is 0 Å². The van der Waals surface area contributed by atoms with Crippen molar-refractivity contribution in [1.29, 1.82) is 0 Å². The van der Waals surface area contributed by atoms with Crippen LogP contribution in [0.15, 0.2) is 109 Å². The number of ether oxygens (including phenoxy) is 1. The fourth-order valence-electron chi connectivity index (χ4n) is 3.81. The molecule has 0 bridgehead atoms. The van der Waals surface area contributed by atoms with Crippen molar-refractivity contribution in [1.82, 2.24) is 0 Å². The van der Waals surface area contributed by atoms with E-state index in [1.54, 1.807) is 7.11 Å². The molecule has 29 heavy (non-hydrogen) atoms. The number of rotatable bonds is 6. The normalized spacial score (nSPS) is 11.2. The minimum Gasteiger partial charge on any atom is -0.497 e. The second-order valence-corrected chi connectivity index (χ2v) is 10.8. The van der Waals surface area contributed by atoms with Gasteiger partial charge in [-0.3, -0.25) is 0 Å². The molecule has 1 nitrogen and oxygen atoms in total. The van der Waals surface area contributed by atoms with Crippen LogP contribution in [0.1, 0.15) is 5.56 Å². The molecule has 0 aliphatic carbocycles. The first kappa shape index (κ1) is 19.7. The monoisotopic (exact) mass is 417 g/mol. The number of hydrogen-bond acceptors (Lipinski definition) is 1. The first-order valence-electron chi connectivity index (χ1n) is 9.61. The third-order valence-electron chi connectivity index (χ3n) is 5.26. The molecule has 0 spiro atoms. The Labute approximate surface area is 178 Å². The Morgan fingerprint density at radius 1 is 0.655 bits per heavy atom. The molecule has 0 N–H and O–H groups in total. The maximum atomic E-state index is 6.71. The Balaban J connectivity index is 1.98. The highest BCUT2D eigenvalue weighted by Gasteiger charge is 2.45. The van der Waals surface area contributed by atoms with Crippen LogP contribution in [-0.2, 0) is 6.16 Å². The van der Waals surface area contributed by atoms with Gasteiger partial charge in [0.15, 0.2) is 0 Å². The second kappa shape index (κ2) is 8.82. The molecule has 0 heterocycles. The summed E-state index contributed by atoms with van der Waals surface area (Å²) in [5.41, 5.74) is 1.14. The van der Waals surface area contributed by atoms with Gasteiger partial charge in [0.1, 0.15) is 28.9 Å². The molecule has 3 heteroatoms. The van der Waals surface area contributed by atoms with Gasteiger partial charge in [-0.05, 0) is 48.5 Å². The summed E-state index contributed by atoms with van der Waals surface area (Å²) in [7, 11) is -0.284. The third-order valence-corrected chi connectivity index (χ3v) is 9.96. The van der Waals surface area contributed by atoms with Crippen LogP contribution >= 0.6 is 18.9 Å². The first-order chi connectivity index (χ1) is 14.2. The van der Waals surface area contributed by atoms with Gasteiger partial charge in [0, 0.05) is 5.56 Å². The molecule has 0 aliphatic heterocycles. The Morgan fingerprint density at radius 2 is 1.10 bits per heavy atom. The fraction of sp³-hybridized carbons (Fsp3) is 0.0769. The van der Waals surface area contributed by atoms with Gasteiger partial charge in [0.25, 0.3) is 0 Å². The highest BCUT2D eigenvalue weighted by Crippen LogP contribution is 2.58. The van der Waals surface area contributed by atoms with E-state index in [9.17, 15) is 0 Å². The largest absolute Gasteiger partial charge is 0.497 e. The van der Waals surface area contributed by atoms with E-state index >= 15 is 0 Å². The predicted octanol–water partition coefficient (Wildman–Crippen LogP) is 5.84. The van der Waals surface area contributed by atoms with Gasteiger partial charge in [-0.2, -0.15) is 0 Å². The summed E-state index contributed by atoms with van der Waals surface area (Å²) in [6.07, 6.45) is 0.855.